The first-order valence-corrected chi connectivity index (χ1v) is 8.65. The number of amides is 1. The summed E-state index contributed by atoms with van der Waals surface area (Å²) in [4.78, 5) is 29.9. The van der Waals surface area contributed by atoms with Crippen molar-refractivity contribution in [3.63, 3.8) is 0 Å². The van der Waals surface area contributed by atoms with Crippen molar-refractivity contribution in [1.29, 1.82) is 0 Å². The summed E-state index contributed by atoms with van der Waals surface area (Å²) in [6.45, 7) is 1.85. The highest BCUT2D eigenvalue weighted by atomic mass is 32.2. The zero-order valence-electron chi connectivity index (χ0n) is 13.6. The molecule has 1 aliphatic carbocycles. The Bertz CT molecular complexity index is 797. The second-order valence-electron chi connectivity index (χ2n) is 5.85. The lowest BCUT2D eigenvalue weighted by Crippen LogP contribution is -2.36. The molecule has 0 atom stereocenters. The number of methoxy groups -OCH3 is 1. The van der Waals surface area contributed by atoms with Gasteiger partial charge in [-0.05, 0) is 43.0 Å². The van der Waals surface area contributed by atoms with Gasteiger partial charge in [0.25, 0.3) is 0 Å². The second-order valence-corrected chi connectivity index (χ2v) is 6.83. The van der Waals surface area contributed by atoms with Crippen molar-refractivity contribution in [1.82, 2.24) is 15.3 Å². The first kappa shape index (κ1) is 16.6. The van der Waals surface area contributed by atoms with Crippen molar-refractivity contribution in [2.45, 2.75) is 30.3 Å². The van der Waals surface area contributed by atoms with E-state index in [-0.39, 0.29) is 17.2 Å². The predicted octanol–water partition coefficient (Wildman–Crippen LogP) is 1.98. The number of rotatable bonds is 6. The minimum absolute atomic E-state index is 0.0506. The van der Waals surface area contributed by atoms with Gasteiger partial charge in [0.1, 0.15) is 5.75 Å². The van der Waals surface area contributed by atoms with Crippen LogP contribution in [0.15, 0.2) is 40.3 Å². The van der Waals surface area contributed by atoms with Gasteiger partial charge in [0, 0.05) is 6.20 Å². The van der Waals surface area contributed by atoms with Crippen molar-refractivity contribution < 1.29 is 9.53 Å². The topological polar surface area (TPSA) is 84.1 Å². The number of aromatic nitrogens is 2. The van der Waals surface area contributed by atoms with E-state index in [1.807, 2.05) is 31.2 Å². The molecule has 1 aromatic heterocycles. The summed E-state index contributed by atoms with van der Waals surface area (Å²) >= 11 is 1.31. The number of hydrogen-bond donors (Lipinski definition) is 2. The lowest BCUT2D eigenvalue weighted by atomic mass is 10.0. The third-order valence-electron chi connectivity index (χ3n) is 4.07. The maximum absolute atomic E-state index is 12.3. The van der Waals surface area contributed by atoms with Gasteiger partial charge in [-0.15, -0.1) is 0 Å². The highest BCUT2D eigenvalue weighted by Crippen LogP contribution is 2.45. The van der Waals surface area contributed by atoms with Crippen molar-refractivity contribution in [2.24, 2.45) is 0 Å². The summed E-state index contributed by atoms with van der Waals surface area (Å²) in [5.41, 5.74) is 1.28. The number of thioether (sulfide) groups is 1. The lowest BCUT2D eigenvalue weighted by Gasteiger charge is -2.18. The number of H-pyrrole nitrogens is 1. The molecule has 0 radical (unpaired) electrons. The van der Waals surface area contributed by atoms with Crippen LogP contribution in [-0.2, 0) is 10.3 Å². The van der Waals surface area contributed by atoms with Gasteiger partial charge >= 0.3 is 5.69 Å². The van der Waals surface area contributed by atoms with Gasteiger partial charge in [0.2, 0.25) is 5.91 Å². The average molecular weight is 345 g/mol. The summed E-state index contributed by atoms with van der Waals surface area (Å²) in [6.07, 6.45) is 3.38. The quantitative estimate of drug-likeness (QED) is 0.618. The number of nitrogens with one attached hydrogen (secondary N) is 2. The Kier molecular flexibility index (Phi) is 4.62. The van der Waals surface area contributed by atoms with E-state index in [2.05, 4.69) is 15.3 Å². The number of aromatic amines is 1. The molecule has 1 saturated carbocycles. The van der Waals surface area contributed by atoms with Gasteiger partial charge in [0.05, 0.1) is 23.4 Å². The minimum Gasteiger partial charge on any atom is -0.497 e. The summed E-state index contributed by atoms with van der Waals surface area (Å²) < 4.78 is 5.17. The van der Waals surface area contributed by atoms with Crippen LogP contribution in [0.2, 0.25) is 0 Å². The fourth-order valence-corrected chi connectivity index (χ4v) is 3.34. The number of aryl methyl sites for hydroxylation is 1. The van der Waals surface area contributed by atoms with Gasteiger partial charge in [0.15, 0.2) is 0 Å². The van der Waals surface area contributed by atoms with Crippen LogP contribution in [0, 0.1) is 6.92 Å². The Morgan fingerprint density at radius 2 is 2.08 bits per heavy atom. The van der Waals surface area contributed by atoms with Crippen LogP contribution >= 0.6 is 11.8 Å². The molecule has 0 bridgehead atoms. The van der Waals surface area contributed by atoms with Crippen LogP contribution in [0.5, 0.6) is 5.75 Å². The van der Waals surface area contributed by atoms with E-state index in [4.69, 9.17) is 4.74 Å². The van der Waals surface area contributed by atoms with Crippen molar-refractivity contribution >= 4 is 17.7 Å². The molecule has 0 saturated heterocycles. The first-order valence-electron chi connectivity index (χ1n) is 7.67. The Morgan fingerprint density at radius 1 is 1.38 bits per heavy atom. The molecule has 126 valence electrons. The van der Waals surface area contributed by atoms with Gasteiger partial charge in [-0.25, -0.2) is 9.78 Å². The first-order chi connectivity index (χ1) is 11.5. The molecule has 7 heteroatoms. The zero-order chi connectivity index (χ0) is 17.2. The van der Waals surface area contributed by atoms with E-state index >= 15 is 0 Å². The number of ether oxygens (including phenoxy) is 1. The molecule has 2 N–H and O–H groups in total. The molecular weight excluding hydrogens is 326 g/mol. The molecule has 1 amide bonds. The number of hydrogen-bond acceptors (Lipinski definition) is 5. The lowest BCUT2D eigenvalue weighted by molar-refractivity contribution is -0.119. The third-order valence-corrected chi connectivity index (χ3v) is 5.19. The van der Waals surface area contributed by atoms with E-state index in [1.54, 1.807) is 7.11 Å². The van der Waals surface area contributed by atoms with Crippen LogP contribution in [0.25, 0.3) is 0 Å². The average Bonchev–Trinajstić information content (AvgIpc) is 3.36. The smallest absolute Gasteiger partial charge is 0.345 e. The highest BCUT2D eigenvalue weighted by molar-refractivity contribution is 7.99. The summed E-state index contributed by atoms with van der Waals surface area (Å²) in [5, 5.41) is 3.80. The number of nitrogens with zero attached hydrogens (tertiary/aromatic N) is 1. The van der Waals surface area contributed by atoms with Crippen LogP contribution in [0.3, 0.4) is 0 Å². The minimum atomic E-state index is -0.402. The molecule has 0 unspecified atom stereocenters. The molecule has 1 heterocycles. The van der Waals surface area contributed by atoms with E-state index < -0.39 is 5.69 Å². The Hall–Kier alpha value is -2.28. The molecule has 0 spiro atoms. The molecule has 6 nitrogen and oxygen atoms in total. The van der Waals surface area contributed by atoms with E-state index in [1.165, 1.54) is 18.0 Å². The van der Waals surface area contributed by atoms with Gasteiger partial charge in [-0.2, -0.15) is 0 Å². The van der Waals surface area contributed by atoms with Crippen molar-refractivity contribution in [3.8, 4) is 5.75 Å². The SMILES string of the molecule is COc1ccc(C2(NC(=O)CSc3[nH]c(=O)ncc3C)CC2)cc1. The van der Waals surface area contributed by atoms with Crippen molar-refractivity contribution in [3.05, 3.63) is 52.1 Å². The standard InChI is InChI=1S/C17H19N3O3S/c1-11-9-18-16(22)19-15(11)24-10-14(21)20-17(7-8-17)12-3-5-13(23-2)6-4-12/h3-6,9H,7-8,10H2,1-2H3,(H,20,21)(H,18,19,22). The van der Waals surface area contributed by atoms with Crippen molar-refractivity contribution in [2.75, 3.05) is 12.9 Å². The molecular formula is C17H19N3O3S. The molecule has 3 rings (SSSR count). The fourth-order valence-electron chi connectivity index (χ4n) is 2.55. The van der Waals surface area contributed by atoms with Crippen LogP contribution < -0.4 is 15.7 Å². The molecule has 0 aliphatic heterocycles. The number of benzene rings is 1. The zero-order valence-corrected chi connectivity index (χ0v) is 14.4. The molecule has 24 heavy (non-hydrogen) atoms. The number of carbonyl (C=O) groups is 1. The predicted molar refractivity (Wildman–Crippen MR) is 92.4 cm³/mol. The van der Waals surface area contributed by atoms with Crippen LogP contribution in [0.4, 0.5) is 0 Å². The van der Waals surface area contributed by atoms with E-state index in [0.29, 0.717) is 5.03 Å². The normalized spacial score (nSPS) is 14.9. The van der Waals surface area contributed by atoms with Gasteiger partial charge in [-0.1, -0.05) is 23.9 Å². The maximum atomic E-state index is 12.3. The third kappa shape index (κ3) is 3.62. The summed E-state index contributed by atoms with van der Waals surface area (Å²) in [5.74, 6) is 0.998. The Labute approximate surface area is 144 Å². The maximum Gasteiger partial charge on any atom is 0.345 e. The molecule has 1 fully saturated rings. The monoisotopic (exact) mass is 345 g/mol. The van der Waals surface area contributed by atoms with E-state index in [9.17, 15) is 9.59 Å². The molecule has 1 aliphatic rings. The van der Waals surface area contributed by atoms with Crippen LogP contribution in [0.1, 0.15) is 24.0 Å². The Morgan fingerprint density at radius 3 is 2.71 bits per heavy atom. The molecule has 1 aromatic carbocycles. The highest BCUT2D eigenvalue weighted by Gasteiger charge is 2.45. The van der Waals surface area contributed by atoms with E-state index in [0.717, 1.165) is 29.7 Å². The van der Waals surface area contributed by atoms with Gasteiger partial charge < -0.3 is 15.0 Å². The Balaban J connectivity index is 1.62. The fraction of sp³-hybridized carbons (Fsp3) is 0.353. The van der Waals surface area contributed by atoms with Gasteiger partial charge in [-0.3, -0.25) is 4.79 Å². The van der Waals surface area contributed by atoms with Crippen LogP contribution in [-0.4, -0.2) is 28.7 Å². The largest absolute Gasteiger partial charge is 0.497 e. The molecule has 2 aromatic rings. The summed E-state index contributed by atoms with van der Waals surface area (Å²) in [6, 6.07) is 7.79. The number of carbonyl (C=O) groups excluding carboxylic acids is 1. The summed E-state index contributed by atoms with van der Waals surface area (Å²) in [7, 11) is 1.63. The second kappa shape index (κ2) is 6.68.